The standard InChI is InChI=1S/C22H20ClN3S/c1-16-8-12-19(13-9-16)24-21(17-6-4-3-5-7-17)26-22(27-2)25-20-14-10-18(23)11-15-20/h3-15H,1-2H3,(H,24,25,26). The number of thioether (sulfide) groups is 1. The average molecular weight is 394 g/mol. The van der Waals surface area contributed by atoms with Crippen molar-refractivity contribution in [1.29, 1.82) is 0 Å². The zero-order chi connectivity index (χ0) is 19.1. The van der Waals surface area contributed by atoms with Gasteiger partial charge in [0.1, 0.15) is 5.84 Å². The van der Waals surface area contributed by atoms with E-state index >= 15 is 0 Å². The van der Waals surface area contributed by atoms with Crippen LogP contribution >= 0.6 is 23.4 Å². The van der Waals surface area contributed by atoms with Crippen molar-refractivity contribution >= 4 is 45.7 Å². The molecule has 0 unspecified atom stereocenters. The van der Waals surface area contributed by atoms with Gasteiger partial charge in [0.2, 0.25) is 0 Å². The maximum absolute atomic E-state index is 5.96. The molecule has 0 aromatic heterocycles. The van der Waals surface area contributed by atoms with Crippen LogP contribution in [-0.2, 0) is 0 Å². The number of aryl methyl sites for hydroxylation is 1. The quantitative estimate of drug-likeness (QED) is 0.404. The lowest BCUT2D eigenvalue weighted by atomic mass is 10.2. The second-order valence-electron chi connectivity index (χ2n) is 5.89. The fraction of sp³-hybridized carbons (Fsp3) is 0.0909. The molecule has 0 amide bonds. The molecular weight excluding hydrogens is 374 g/mol. The summed E-state index contributed by atoms with van der Waals surface area (Å²) in [6.07, 6.45) is 1.97. The molecule has 1 N–H and O–H groups in total. The molecule has 27 heavy (non-hydrogen) atoms. The number of hydrogen-bond acceptors (Lipinski definition) is 2. The minimum absolute atomic E-state index is 0.663. The first kappa shape index (κ1) is 19.2. The van der Waals surface area contributed by atoms with E-state index in [-0.39, 0.29) is 0 Å². The highest BCUT2D eigenvalue weighted by molar-refractivity contribution is 8.13. The lowest BCUT2D eigenvalue weighted by molar-refractivity contribution is 1.45. The molecule has 0 radical (unpaired) electrons. The lowest BCUT2D eigenvalue weighted by Gasteiger charge is -2.11. The number of amidine groups is 2. The van der Waals surface area contributed by atoms with Gasteiger partial charge >= 0.3 is 0 Å². The SMILES string of the molecule is CSC(=Nc1ccc(Cl)cc1)/N=C(/Nc1ccc(C)cc1)c1ccccc1. The highest BCUT2D eigenvalue weighted by atomic mass is 35.5. The predicted octanol–water partition coefficient (Wildman–Crippen LogP) is 6.56. The first-order valence-electron chi connectivity index (χ1n) is 8.50. The van der Waals surface area contributed by atoms with Crippen molar-refractivity contribution in [3.05, 3.63) is 95.0 Å². The Labute approximate surface area is 169 Å². The van der Waals surface area contributed by atoms with Gasteiger partial charge in [0.15, 0.2) is 5.17 Å². The second-order valence-corrected chi connectivity index (χ2v) is 7.10. The van der Waals surface area contributed by atoms with Crippen LogP contribution in [0.2, 0.25) is 5.02 Å². The Morgan fingerprint density at radius 1 is 0.889 bits per heavy atom. The molecule has 0 atom stereocenters. The molecule has 0 aliphatic rings. The molecule has 0 fully saturated rings. The summed E-state index contributed by atoms with van der Waals surface area (Å²) in [5.74, 6) is 0.751. The van der Waals surface area contributed by atoms with Gasteiger partial charge in [-0.15, -0.1) is 0 Å². The summed E-state index contributed by atoms with van der Waals surface area (Å²) in [7, 11) is 0. The number of hydrogen-bond donors (Lipinski definition) is 1. The number of benzene rings is 3. The zero-order valence-corrected chi connectivity index (χ0v) is 16.8. The zero-order valence-electron chi connectivity index (χ0n) is 15.2. The molecule has 0 aliphatic carbocycles. The number of rotatable bonds is 3. The maximum atomic E-state index is 5.96. The first-order chi connectivity index (χ1) is 13.1. The average Bonchev–Trinajstić information content (AvgIpc) is 2.70. The van der Waals surface area contributed by atoms with Crippen LogP contribution in [0.25, 0.3) is 0 Å². The van der Waals surface area contributed by atoms with Crippen molar-refractivity contribution in [1.82, 2.24) is 0 Å². The van der Waals surface area contributed by atoms with Gasteiger partial charge in [-0.3, -0.25) is 0 Å². The van der Waals surface area contributed by atoms with E-state index in [0.29, 0.717) is 10.2 Å². The molecule has 3 aromatic carbocycles. The minimum atomic E-state index is 0.663. The molecule has 0 saturated carbocycles. The Morgan fingerprint density at radius 2 is 1.56 bits per heavy atom. The summed E-state index contributed by atoms with van der Waals surface area (Å²) in [5.41, 5.74) is 4.01. The van der Waals surface area contributed by atoms with E-state index in [1.54, 1.807) is 0 Å². The molecule has 136 valence electrons. The summed E-state index contributed by atoms with van der Waals surface area (Å²) in [6.45, 7) is 2.07. The van der Waals surface area contributed by atoms with Crippen molar-refractivity contribution in [3.63, 3.8) is 0 Å². The van der Waals surface area contributed by atoms with Gasteiger partial charge in [-0.05, 0) is 49.6 Å². The second kappa shape index (κ2) is 9.40. The van der Waals surface area contributed by atoms with Crippen LogP contribution in [0.3, 0.4) is 0 Å². The van der Waals surface area contributed by atoms with Gasteiger partial charge < -0.3 is 5.32 Å². The van der Waals surface area contributed by atoms with Gasteiger partial charge in [-0.25, -0.2) is 9.98 Å². The van der Waals surface area contributed by atoms with Crippen LogP contribution in [-0.4, -0.2) is 17.3 Å². The molecule has 0 spiro atoms. The molecule has 0 heterocycles. The summed E-state index contributed by atoms with van der Waals surface area (Å²) >= 11 is 7.45. The number of nitrogens with one attached hydrogen (secondary N) is 1. The topological polar surface area (TPSA) is 36.8 Å². The summed E-state index contributed by atoms with van der Waals surface area (Å²) < 4.78 is 0. The van der Waals surface area contributed by atoms with E-state index in [9.17, 15) is 0 Å². The Balaban J connectivity index is 1.96. The Hall–Kier alpha value is -2.56. The highest BCUT2D eigenvalue weighted by Crippen LogP contribution is 2.19. The molecule has 0 saturated heterocycles. The van der Waals surface area contributed by atoms with Crippen LogP contribution < -0.4 is 5.32 Å². The normalized spacial score (nSPS) is 12.1. The minimum Gasteiger partial charge on any atom is -0.340 e. The maximum Gasteiger partial charge on any atom is 0.189 e. The van der Waals surface area contributed by atoms with Gasteiger partial charge in [0.25, 0.3) is 0 Å². The third kappa shape index (κ3) is 5.71. The van der Waals surface area contributed by atoms with Crippen molar-refractivity contribution in [2.24, 2.45) is 9.98 Å². The van der Waals surface area contributed by atoms with Crippen LogP contribution in [0.1, 0.15) is 11.1 Å². The van der Waals surface area contributed by atoms with Crippen LogP contribution in [0.4, 0.5) is 11.4 Å². The third-order valence-corrected chi connectivity index (χ3v) is 4.60. The third-order valence-electron chi connectivity index (χ3n) is 3.80. The number of nitrogens with zero attached hydrogens (tertiary/aromatic N) is 2. The van der Waals surface area contributed by atoms with E-state index < -0.39 is 0 Å². The number of halogens is 1. The van der Waals surface area contributed by atoms with E-state index in [1.165, 1.54) is 17.3 Å². The predicted molar refractivity (Wildman–Crippen MR) is 120 cm³/mol. The van der Waals surface area contributed by atoms with Gasteiger partial charge in [0, 0.05) is 16.3 Å². The van der Waals surface area contributed by atoms with E-state index in [1.807, 2.05) is 73.0 Å². The summed E-state index contributed by atoms with van der Waals surface area (Å²) in [6, 6.07) is 25.7. The van der Waals surface area contributed by atoms with E-state index in [2.05, 4.69) is 29.4 Å². The fourth-order valence-electron chi connectivity index (χ4n) is 2.37. The Morgan fingerprint density at radius 3 is 2.19 bits per heavy atom. The first-order valence-corrected chi connectivity index (χ1v) is 10.1. The number of anilines is 1. The molecule has 0 aliphatic heterocycles. The van der Waals surface area contributed by atoms with Crippen molar-refractivity contribution in [2.75, 3.05) is 11.6 Å². The summed E-state index contributed by atoms with van der Waals surface area (Å²) in [5, 5.41) is 4.77. The van der Waals surface area contributed by atoms with Gasteiger partial charge in [0.05, 0.1) is 5.69 Å². The monoisotopic (exact) mass is 393 g/mol. The van der Waals surface area contributed by atoms with Crippen LogP contribution in [0.5, 0.6) is 0 Å². The molecular formula is C22H20ClN3S. The Bertz CT molecular complexity index is 934. The molecule has 3 aromatic rings. The summed E-state index contributed by atoms with van der Waals surface area (Å²) in [4.78, 5) is 9.42. The van der Waals surface area contributed by atoms with Gasteiger partial charge in [-0.2, -0.15) is 0 Å². The van der Waals surface area contributed by atoms with Crippen molar-refractivity contribution < 1.29 is 0 Å². The van der Waals surface area contributed by atoms with E-state index in [0.717, 1.165) is 22.8 Å². The smallest absolute Gasteiger partial charge is 0.189 e. The fourth-order valence-corrected chi connectivity index (χ4v) is 2.88. The number of aliphatic imine (C=N–C) groups is 2. The van der Waals surface area contributed by atoms with Crippen molar-refractivity contribution in [2.45, 2.75) is 6.92 Å². The molecule has 5 heteroatoms. The molecule has 3 rings (SSSR count). The lowest BCUT2D eigenvalue weighted by Crippen LogP contribution is -2.15. The largest absolute Gasteiger partial charge is 0.340 e. The Kier molecular flexibility index (Phi) is 6.69. The van der Waals surface area contributed by atoms with Crippen LogP contribution in [0, 0.1) is 6.92 Å². The molecule has 0 bridgehead atoms. The van der Waals surface area contributed by atoms with Crippen LogP contribution in [0.15, 0.2) is 88.8 Å². The van der Waals surface area contributed by atoms with Gasteiger partial charge in [-0.1, -0.05) is 71.4 Å². The highest BCUT2D eigenvalue weighted by Gasteiger charge is 2.07. The molecule has 3 nitrogen and oxygen atoms in total. The van der Waals surface area contributed by atoms with Crippen molar-refractivity contribution in [3.8, 4) is 0 Å². The van der Waals surface area contributed by atoms with E-state index in [4.69, 9.17) is 16.6 Å².